The molecule has 1 N–H and O–H groups in total. The van der Waals surface area contributed by atoms with Gasteiger partial charge in [-0.15, -0.1) is 6.58 Å². The van der Waals surface area contributed by atoms with Gasteiger partial charge in [0.1, 0.15) is 6.10 Å². The molecule has 1 rings (SSSR count). The Hall–Kier alpha value is -0.340. The zero-order valence-electron chi connectivity index (χ0n) is 7.92. The van der Waals surface area contributed by atoms with Crippen molar-refractivity contribution >= 4 is 0 Å². The molecule has 0 aromatic carbocycles. The van der Waals surface area contributed by atoms with Crippen LogP contribution in [0.5, 0.6) is 0 Å². The van der Waals surface area contributed by atoms with Crippen LogP contribution in [0.3, 0.4) is 0 Å². The highest BCUT2D eigenvalue weighted by molar-refractivity contribution is 5.00. The summed E-state index contributed by atoms with van der Waals surface area (Å²) in [4.78, 5) is 0. The highest BCUT2D eigenvalue weighted by Gasteiger charge is 2.40. The third-order valence-corrected chi connectivity index (χ3v) is 2.28. The summed E-state index contributed by atoms with van der Waals surface area (Å²) >= 11 is 0. The molecule has 70 valence electrons. The van der Waals surface area contributed by atoms with Gasteiger partial charge >= 0.3 is 0 Å². The van der Waals surface area contributed by atoms with Crippen LogP contribution in [0.25, 0.3) is 0 Å². The Labute approximate surface area is 74.2 Å². The molecule has 1 aliphatic rings. The van der Waals surface area contributed by atoms with Crippen molar-refractivity contribution in [2.75, 3.05) is 0 Å². The van der Waals surface area contributed by atoms with Crippen LogP contribution in [0.4, 0.5) is 0 Å². The molecular weight excluding hydrogens is 152 g/mol. The highest BCUT2D eigenvalue weighted by atomic mass is 16.6. The summed E-state index contributed by atoms with van der Waals surface area (Å²) in [6, 6.07) is 0. The molecule has 0 aromatic heterocycles. The van der Waals surface area contributed by atoms with Crippen molar-refractivity contribution in [2.24, 2.45) is 0 Å². The van der Waals surface area contributed by atoms with Crippen LogP contribution in [0.1, 0.15) is 33.1 Å². The van der Waals surface area contributed by atoms with Crippen molar-refractivity contribution in [2.45, 2.75) is 50.9 Å². The van der Waals surface area contributed by atoms with Gasteiger partial charge in [-0.2, -0.15) is 0 Å². The van der Waals surface area contributed by atoms with E-state index in [9.17, 15) is 5.11 Å². The molecule has 0 radical (unpaired) electrons. The molecule has 1 saturated heterocycles. The molecule has 3 atom stereocenters. The molecule has 0 saturated carbocycles. The Bertz CT molecular complexity index is 163. The first-order chi connectivity index (χ1) is 5.59. The van der Waals surface area contributed by atoms with Gasteiger partial charge in [-0.3, -0.25) is 0 Å². The fourth-order valence-electron chi connectivity index (χ4n) is 1.60. The summed E-state index contributed by atoms with van der Waals surface area (Å²) in [6.07, 6.45) is 4.79. The fourth-order valence-corrected chi connectivity index (χ4v) is 1.60. The van der Waals surface area contributed by atoms with E-state index < -0.39 is 5.60 Å². The van der Waals surface area contributed by atoms with E-state index in [0.29, 0.717) is 0 Å². The van der Waals surface area contributed by atoms with Crippen LogP contribution in [0, 0.1) is 0 Å². The predicted octanol–water partition coefficient (Wildman–Crippen LogP) is 1.88. The van der Waals surface area contributed by atoms with Crippen LogP contribution < -0.4 is 0 Å². The number of hydrogen-bond acceptors (Lipinski definition) is 2. The van der Waals surface area contributed by atoms with E-state index in [1.807, 2.05) is 6.92 Å². The molecule has 12 heavy (non-hydrogen) atoms. The number of epoxide rings is 1. The molecular formula is C10H18O2. The summed E-state index contributed by atoms with van der Waals surface area (Å²) in [5.41, 5.74) is -0.558. The van der Waals surface area contributed by atoms with Gasteiger partial charge in [0.15, 0.2) is 0 Å². The average molecular weight is 170 g/mol. The zero-order valence-corrected chi connectivity index (χ0v) is 7.92. The van der Waals surface area contributed by atoms with Gasteiger partial charge < -0.3 is 9.84 Å². The number of rotatable bonds is 5. The van der Waals surface area contributed by atoms with Crippen molar-refractivity contribution in [1.29, 1.82) is 0 Å². The third kappa shape index (κ3) is 2.61. The SMILES string of the molecule is C=C[C@H]1O[C@@H]1C[C@](C)(O)CCC. The van der Waals surface area contributed by atoms with E-state index in [0.717, 1.165) is 19.3 Å². The lowest BCUT2D eigenvalue weighted by molar-refractivity contribution is 0.0338. The first kappa shape index (κ1) is 9.75. The molecule has 0 amide bonds. The third-order valence-electron chi connectivity index (χ3n) is 2.28. The smallest absolute Gasteiger partial charge is 0.102 e. The first-order valence-electron chi connectivity index (χ1n) is 4.59. The monoisotopic (exact) mass is 170 g/mol. The molecule has 2 heteroatoms. The zero-order chi connectivity index (χ0) is 9.19. The molecule has 0 aliphatic carbocycles. The Kier molecular flexibility index (Phi) is 2.91. The minimum atomic E-state index is -0.558. The Morgan fingerprint density at radius 3 is 2.75 bits per heavy atom. The largest absolute Gasteiger partial charge is 0.390 e. The molecule has 1 aliphatic heterocycles. The summed E-state index contributed by atoms with van der Waals surface area (Å²) in [6.45, 7) is 7.59. The molecule has 2 nitrogen and oxygen atoms in total. The van der Waals surface area contributed by atoms with Gasteiger partial charge in [0.25, 0.3) is 0 Å². The summed E-state index contributed by atoms with van der Waals surface area (Å²) < 4.78 is 5.27. The number of ether oxygens (including phenoxy) is 1. The van der Waals surface area contributed by atoms with Crippen molar-refractivity contribution in [3.05, 3.63) is 12.7 Å². The van der Waals surface area contributed by atoms with Crippen molar-refractivity contribution in [1.82, 2.24) is 0 Å². The lowest BCUT2D eigenvalue weighted by Crippen LogP contribution is -2.26. The van der Waals surface area contributed by atoms with Gasteiger partial charge in [0, 0.05) is 6.42 Å². The van der Waals surface area contributed by atoms with Crippen LogP contribution in [-0.2, 0) is 4.74 Å². The minimum Gasteiger partial charge on any atom is -0.390 e. The summed E-state index contributed by atoms with van der Waals surface area (Å²) in [7, 11) is 0. The Balaban J connectivity index is 2.26. The Morgan fingerprint density at radius 2 is 2.33 bits per heavy atom. The molecule has 0 unspecified atom stereocenters. The maximum Gasteiger partial charge on any atom is 0.102 e. The van der Waals surface area contributed by atoms with E-state index in [1.165, 1.54) is 0 Å². The minimum absolute atomic E-state index is 0.188. The van der Waals surface area contributed by atoms with Crippen molar-refractivity contribution in [3.63, 3.8) is 0 Å². The maximum absolute atomic E-state index is 9.82. The summed E-state index contributed by atoms with van der Waals surface area (Å²) in [5.74, 6) is 0. The normalized spacial score (nSPS) is 32.6. The van der Waals surface area contributed by atoms with E-state index in [1.54, 1.807) is 6.08 Å². The van der Waals surface area contributed by atoms with Gasteiger partial charge in [0.05, 0.1) is 11.7 Å². The van der Waals surface area contributed by atoms with E-state index in [2.05, 4.69) is 13.5 Å². The first-order valence-corrected chi connectivity index (χ1v) is 4.59. The maximum atomic E-state index is 9.82. The standard InChI is InChI=1S/C10H18O2/c1-4-6-10(3,11)7-9-8(5-2)12-9/h5,8-9,11H,2,4,6-7H2,1,3H3/t8-,9-,10-/m1/s1. The number of aliphatic hydroxyl groups is 1. The van der Waals surface area contributed by atoms with Crippen LogP contribution in [0.2, 0.25) is 0 Å². The second-order valence-corrected chi connectivity index (χ2v) is 3.83. The highest BCUT2D eigenvalue weighted by Crippen LogP contribution is 2.32. The van der Waals surface area contributed by atoms with Crippen LogP contribution in [-0.4, -0.2) is 22.9 Å². The van der Waals surface area contributed by atoms with Crippen LogP contribution in [0.15, 0.2) is 12.7 Å². The van der Waals surface area contributed by atoms with Gasteiger partial charge in [-0.05, 0) is 13.3 Å². The topological polar surface area (TPSA) is 32.8 Å². The predicted molar refractivity (Wildman–Crippen MR) is 49.0 cm³/mol. The van der Waals surface area contributed by atoms with Crippen molar-refractivity contribution in [3.8, 4) is 0 Å². The van der Waals surface area contributed by atoms with Crippen LogP contribution >= 0.6 is 0 Å². The van der Waals surface area contributed by atoms with Gasteiger partial charge in [0.2, 0.25) is 0 Å². The molecule has 0 bridgehead atoms. The Morgan fingerprint density at radius 1 is 1.67 bits per heavy atom. The van der Waals surface area contributed by atoms with Gasteiger partial charge in [-0.25, -0.2) is 0 Å². The fraction of sp³-hybridized carbons (Fsp3) is 0.800. The lowest BCUT2D eigenvalue weighted by Gasteiger charge is -2.21. The quantitative estimate of drug-likeness (QED) is 0.505. The average Bonchev–Trinajstić information content (AvgIpc) is 2.66. The molecule has 1 heterocycles. The molecule has 1 fully saturated rings. The number of hydrogen-bond donors (Lipinski definition) is 1. The second-order valence-electron chi connectivity index (χ2n) is 3.83. The van der Waals surface area contributed by atoms with E-state index in [4.69, 9.17) is 4.74 Å². The van der Waals surface area contributed by atoms with E-state index >= 15 is 0 Å². The molecule has 0 spiro atoms. The van der Waals surface area contributed by atoms with Gasteiger partial charge in [-0.1, -0.05) is 19.4 Å². The molecule has 0 aromatic rings. The lowest BCUT2D eigenvalue weighted by atomic mass is 9.94. The summed E-state index contributed by atoms with van der Waals surface area (Å²) in [5, 5.41) is 9.82. The van der Waals surface area contributed by atoms with Crippen molar-refractivity contribution < 1.29 is 9.84 Å². The second kappa shape index (κ2) is 3.58. The van der Waals surface area contributed by atoms with E-state index in [-0.39, 0.29) is 12.2 Å².